The molecule has 1 aliphatic heterocycles. The van der Waals surface area contributed by atoms with E-state index in [4.69, 9.17) is 0 Å². The monoisotopic (exact) mass is 241 g/mol. The second-order valence-corrected chi connectivity index (χ2v) is 5.54. The van der Waals surface area contributed by atoms with E-state index in [0.717, 1.165) is 32.5 Å². The minimum Gasteiger partial charge on any atom is -0.354 e. The molecule has 0 aromatic carbocycles. The van der Waals surface area contributed by atoms with Gasteiger partial charge in [0.05, 0.1) is 0 Å². The van der Waals surface area contributed by atoms with Crippen molar-refractivity contribution in [3.05, 3.63) is 0 Å². The fourth-order valence-corrected chi connectivity index (χ4v) is 2.45. The molecule has 1 atom stereocenters. The molecular formula is C13H27N3O. The maximum atomic E-state index is 12.0. The summed E-state index contributed by atoms with van der Waals surface area (Å²) in [5, 5.41) is 6.39. The van der Waals surface area contributed by atoms with Gasteiger partial charge in [0, 0.05) is 18.5 Å². The van der Waals surface area contributed by atoms with Crippen LogP contribution in [0.25, 0.3) is 0 Å². The molecule has 17 heavy (non-hydrogen) atoms. The van der Waals surface area contributed by atoms with E-state index in [-0.39, 0.29) is 11.8 Å². The van der Waals surface area contributed by atoms with Crippen LogP contribution in [0.1, 0.15) is 26.7 Å². The average molecular weight is 241 g/mol. The van der Waals surface area contributed by atoms with Crippen LogP contribution in [0.5, 0.6) is 0 Å². The van der Waals surface area contributed by atoms with Crippen molar-refractivity contribution in [2.45, 2.75) is 32.7 Å². The second-order valence-electron chi connectivity index (χ2n) is 5.54. The Morgan fingerprint density at radius 2 is 1.94 bits per heavy atom. The average Bonchev–Trinajstić information content (AvgIpc) is 2.29. The number of carbonyl (C=O) groups excluding carboxylic acids is 1. The van der Waals surface area contributed by atoms with Crippen molar-refractivity contribution in [3.63, 3.8) is 0 Å². The number of hydrogen-bond donors (Lipinski definition) is 2. The Morgan fingerprint density at radius 3 is 2.41 bits per heavy atom. The highest BCUT2D eigenvalue weighted by molar-refractivity contribution is 5.78. The Kier molecular flexibility index (Phi) is 5.92. The molecule has 1 amide bonds. The Hall–Kier alpha value is -0.610. The van der Waals surface area contributed by atoms with Gasteiger partial charge >= 0.3 is 0 Å². The largest absolute Gasteiger partial charge is 0.354 e. The van der Waals surface area contributed by atoms with Crippen LogP contribution < -0.4 is 10.6 Å². The Morgan fingerprint density at radius 1 is 1.35 bits per heavy atom. The number of rotatable bonds is 5. The Balaban J connectivity index is 2.35. The van der Waals surface area contributed by atoms with Gasteiger partial charge in [-0.3, -0.25) is 4.79 Å². The van der Waals surface area contributed by atoms with Gasteiger partial charge in [0.2, 0.25) is 5.91 Å². The summed E-state index contributed by atoms with van der Waals surface area (Å²) >= 11 is 0. The highest BCUT2D eigenvalue weighted by atomic mass is 16.1. The summed E-state index contributed by atoms with van der Waals surface area (Å²) in [6, 6.07) is 0.417. The smallest absolute Gasteiger partial charge is 0.223 e. The molecule has 0 spiro atoms. The van der Waals surface area contributed by atoms with Crippen LogP contribution in [0, 0.1) is 11.8 Å². The molecule has 4 nitrogen and oxygen atoms in total. The Labute approximate surface area is 105 Å². The van der Waals surface area contributed by atoms with E-state index in [1.54, 1.807) is 0 Å². The van der Waals surface area contributed by atoms with Crippen LogP contribution in [0.2, 0.25) is 0 Å². The first-order valence-electron chi connectivity index (χ1n) is 6.67. The van der Waals surface area contributed by atoms with E-state index in [0.29, 0.717) is 12.0 Å². The molecule has 4 heteroatoms. The fourth-order valence-electron chi connectivity index (χ4n) is 2.45. The predicted molar refractivity (Wildman–Crippen MR) is 70.9 cm³/mol. The molecule has 0 aromatic rings. The highest BCUT2D eigenvalue weighted by Gasteiger charge is 2.22. The maximum absolute atomic E-state index is 12.0. The lowest BCUT2D eigenvalue weighted by atomic mass is 9.96. The topological polar surface area (TPSA) is 44.4 Å². The van der Waals surface area contributed by atoms with Crippen LogP contribution >= 0.6 is 0 Å². The quantitative estimate of drug-likeness (QED) is 0.744. The minimum absolute atomic E-state index is 0.214. The molecule has 2 N–H and O–H groups in total. The molecule has 0 bridgehead atoms. The van der Waals surface area contributed by atoms with Crippen molar-refractivity contribution in [2.75, 3.05) is 33.7 Å². The zero-order valence-corrected chi connectivity index (χ0v) is 11.6. The minimum atomic E-state index is 0.214. The molecule has 0 aromatic heterocycles. The van der Waals surface area contributed by atoms with Gasteiger partial charge in [0.25, 0.3) is 0 Å². The number of amides is 1. The standard InChI is InChI=1S/C13H27N3O/c1-10(2)12(16(3)4)9-15-13(17)11-5-7-14-8-6-11/h10-12,14H,5-9H2,1-4H3,(H,15,17). The van der Waals surface area contributed by atoms with Crippen LogP contribution in [-0.4, -0.2) is 50.6 Å². The molecule has 0 aliphatic carbocycles. The fraction of sp³-hybridized carbons (Fsp3) is 0.923. The zero-order valence-electron chi connectivity index (χ0n) is 11.6. The van der Waals surface area contributed by atoms with Gasteiger partial charge in [-0.25, -0.2) is 0 Å². The van der Waals surface area contributed by atoms with Crippen molar-refractivity contribution in [3.8, 4) is 0 Å². The highest BCUT2D eigenvalue weighted by Crippen LogP contribution is 2.12. The van der Waals surface area contributed by atoms with Crippen LogP contribution in [0.15, 0.2) is 0 Å². The Bertz CT molecular complexity index is 227. The van der Waals surface area contributed by atoms with Crippen LogP contribution in [-0.2, 0) is 4.79 Å². The molecule has 1 unspecified atom stereocenters. The third-order valence-electron chi connectivity index (χ3n) is 3.63. The van der Waals surface area contributed by atoms with Crippen LogP contribution in [0.4, 0.5) is 0 Å². The van der Waals surface area contributed by atoms with E-state index in [9.17, 15) is 4.79 Å². The molecule has 100 valence electrons. The third-order valence-corrected chi connectivity index (χ3v) is 3.63. The van der Waals surface area contributed by atoms with Gasteiger partial charge in [-0.15, -0.1) is 0 Å². The number of piperidine rings is 1. The molecule has 0 saturated carbocycles. The van der Waals surface area contributed by atoms with Crippen molar-refractivity contribution in [1.82, 2.24) is 15.5 Å². The first-order valence-corrected chi connectivity index (χ1v) is 6.67. The zero-order chi connectivity index (χ0) is 12.8. The molecule has 1 aliphatic rings. The van der Waals surface area contributed by atoms with E-state index in [1.807, 2.05) is 0 Å². The lowest BCUT2D eigenvalue weighted by Crippen LogP contribution is -2.46. The van der Waals surface area contributed by atoms with Gasteiger partial charge in [-0.2, -0.15) is 0 Å². The number of nitrogens with zero attached hydrogens (tertiary/aromatic N) is 1. The molecule has 1 saturated heterocycles. The first kappa shape index (κ1) is 14.5. The maximum Gasteiger partial charge on any atom is 0.223 e. The summed E-state index contributed by atoms with van der Waals surface area (Å²) in [4.78, 5) is 14.2. The van der Waals surface area contributed by atoms with Gasteiger partial charge in [0.15, 0.2) is 0 Å². The van der Waals surface area contributed by atoms with Gasteiger partial charge in [-0.1, -0.05) is 13.8 Å². The van der Waals surface area contributed by atoms with Gasteiger partial charge < -0.3 is 15.5 Å². The molecule has 1 fully saturated rings. The van der Waals surface area contributed by atoms with Gasteiger partial charge in [0.1, 0.15) is 0 Å². The third kappa shape index (κ3) is 4.64. The summed E-state index contributed by atoms with van der Waals surface area (Å²) < 4.78 is 0. The first-order chi connectivity index (χ1) is 8.02. The molecule has 0 radical (unpaired) electrons. The van der Waals surface area contributed by atoms with Crippen molar-refractivity contribution in [2.24, 2.45) is 11.8 Å². The SMILES string of the molecule is CC(C)C(CNC(=O)C1CCNCC1)N(C)C. The summed E-state index contributed by atoms with van der Waals surface area (Å²) in [5.74, 6) is 1.00. The van der Waals surface area contributed by atoms with Gasteiger partial charge in [-0.05, 0) is 45.9 Å². The normalized spacial score (nSPS) is 19.6. The van der Waals surface area contributed by atoms with Crippen molar-refractivity contribution >= 4 is 5.91 Å². The number of carbonyl (C=O) groups is 1. The lowest BCUT2D eigenvalue weighted by Gasteiger charge is -2.29. The molecule has 1 heterocycles. The lowest BCUT2D eigenvalue weighted by molar-refractivity contribution is -0.126. The summed E-state index contributed by atoms with van der Waals surface area (Å²) in [7, 11) is 4.14. The second kappa shape index (κ2) is 6.97. The summed E-state index contributed by atoms with van der Waals surface area (Å²) in [5.41, 5.74) is 0. The van der Waals surface area contributed by atoms with E-state index in [1.165, 1.54) is 0 Å². The van der Waals surface area contributed by atoms with Crippen molar-refractivity contribution < 1.29 is 4.79 Å². The van der Waals surface area contributed by atoms with E-state index < -0.39 is 0 Å². The van der Waals surface area contributed by atoms with Crippen molar-refractivity contribution in [1.29, 1.82) is 0 Å². The predicted octanol–water partition coefficient (Wildman–Crippen LogP) is 0.688. The molecule has 1 rings (SSSR count). The molecular weight excluding hydrogens is 214 g/mol. The summed E-state index contributed by atoms with van der Waals surface area (Å²) in [6.45, 7) is 7.09. The van der Waals surface area contributed by atoms with Crippen LogP contribution in [0.3, 0.4) is 0 Å². The number of hydrogen-bond acceptors (Lipinski definition) is 3. The number of nitrogens with one attached hydrogen (secondary N) is 2. The van der Waals surface area contributed by atoms with E-state index >= 15 is 0 Å². The summed E-state index contributed by atoms with van der Waals surface area (Å²) in [6.07, 6.45) is 1.94. The number of likely N-dealkylation sites (N-methyl/N-ethyl adjacent to an activating group) is 1. The van der Waals surface area contributed by atoms with E-state index in [2.05, 4.69) is 43.5 Å².